The minimum absolute atomic E-state index is 0.000238. The van der Waals surface area contributed by atoms with Crippen LogP contribution in [0, 0.1) is 0 Å². The highest BCUT2D eigenvalue weighted by atomic mass is 16.4. The summed E-state index contributed by atoms with van der Waals surface area (Å²) in [5.41, 5.74) is 1.54. The maximum atomic E-state index is 11.8. The van der Waals surface area contributed by atoms with Crippen molar-refractivity contribution in [3.05, 3.63) is 35.4 Å². The molecule has 1 rings (SSSR count). The molecule has 0 aliphatic rings. The molecule has 1 aromatic rings. The van der Waals surface area contributed by atoms with Gasteiger partial charge in [-0.25, -0.2) is 0 Å². The molecule has 0 saturated heterocycles. The Morgan fingerprint density at radius 1 is 1.00 bits per heavy atom. The Morgan fingerprint density at radius 2 is 1.57 bits per heavy atom. The molecule has 1 aromatic carbocycles. The van der Waals surface area contributed by atoms with E-state index in [9.17, 15) is 19.5 Å². The van der Waals surface area contributed by atoms with Crippen LogP contribution in [-0.2, 0) is 15.0 Å². The van der Waals surface area contributed by atoms with Gasteiger partial charge in [0.1, 0.15) is 0 Å². The fourth-order valence-electron chi connectivity index (χ4n) is 1.62. The average molecular weight is 291 g/mol. The molecule has 0 unspecified atom stereocenters. The topological polar surface area (TPSA) is 98.3 Å². The monoisotopic (exact) mass is 291 g/mol. The third-order valence-corrected chi connectivity index (χ3v) is 2.85. The summed E-state index contributed by atoms with van der Waals surface area (Å²) >= 11 is 0. The predicted octanol–water partition coefficient (Wildman–Crippen LogP) is -0.420. The third kappa shape index (κ3) is 5.64. The number of hydrogen-bond donors (Lipinski definition) is 2. The fourth-order valence-corrected chi connectivity index (χ4v) is 1.62. The number of nitrogens with one attached hydrogen (secondary N) is 2. The van der Waals surface area contributed by atoms with Gasteiger partial charge in [-0.05, 0) is 23.1 Å². The Kier molecular flexibility index (Phi) is 5.46. The van der Waals surface area contributed by atoms with Gasteiger partial charge in [0.05, 0.1) is 19.1 Å². The minimum Gasteiger partial charge on any atom is -0.548 e. The van der Waals surface area contributed by atoms with Crippen molar-refractivity contribution in [2.24, 2.45) is 0 Å². The van der Waals surface area contributed by atoms with Crippen LogP contribution < -0.4 is 15.7 Å². The Bertz CT molecular complexity index is 530. The van der Waals surface area contributed by atoms with E-state index in [1.54, 1.807) is 12.1 Å². The van der Waals surface area contributed by atoms with Crippen molar-refractivity contribution in [2.45, 2.75) is 26.2 Å². The van der Waals surface area contributed by atoms with Crippen LogP contribution in [0.15, 0.2) is 24.3 Å². The van der Waals surface area contributed by atoms with Crippen molar-refractivity contribution < 1.29 is 19.5 Å². The summed E-state index contributed by atoms with van der Waals surface area (Å²) in [6, 6.07) is 7.11. The summed E-state index contributed by atoms with van der Waals surface area (Å²) in [5, 5.41) is 14.7. The summed E-state index contributed by atoms with van der Waals surface area (Å²) < 4.78 is 0. The van der Waals surface area contributed by atoms with E-state index in [1.165, 1.54) is 0 Å². The lowest BCUT2D eigenvalue weighted by Crippen LogP contribution is -2.42. The molecule has 21 heavy (non-hydrogen) atoms. The van der Waals surface area contributed by atoms with Gasteiger partial charge in [-0.2, -0.15) is 0 Å². The molecule has 2 amide bonds. The van der Waals surface area contributed by atoms with E-state index in [1.807, 2.05) is 12.1 Å². The average Bonchev–Trinajstić information content (AvgIpc) is 2.41. The number of rotatable bonds is 5. The van der Waals surface area contributed by atoms with Gasteiger partial charge in [-0.1, -0.05) is 32.9 Å². The lowest BCUT2D eigenvalue weighted by molar-refractivity contribution is -0.304. The Morgan fingerprint density at radius 3 is 2.05 bits per heavy atom. The first kappa shape index (κ1) is 16.7. The molecule has 0 atom stereocenters. The minimum atomic E-state index is -1.38. The second kappa shape index (κ2) is 6.88. The van der Waals surface area contributed by atoms with Crippen molar-refractivity contribution >= 4 is 17.8 Å². The molecular formula is C15H19N2O4-. The summed E-state index contributed by atoms with van der Waals surface area (Å²) in [6.45, 7) is 5.36. The van der Waals surface area contributed by atoms with Crippen LogP contribution >= 0.6 is 0 Å². The van der Waals surface area contributed by atoms with Gasteiger partial charge in [-0.15, -0.1) is 0 Å². The van der Waals surface area contributed by atoms with E-state index in [0.717, 1.165) is 5.56 Å². The summed E-state index contributed by atoms with van der Waals surface area (Å²) in [7, 11) is 0. The number of carboxylic acids is 1. The molecule has 0 heterocycles. The molecule has 0 aliphatic carbocycles. The number of benzene rings is 1. The number of carbonyl (C=O) groups is 3. The second-order valence-electron chi connectivity index (χ2n) is 5.66. The second-order valence-corrected chi connectivity index (χ2v) is 5.66. The lowest BCUT2D eigenvalue weighted by atomic mass is 9.87. The zero-order chi connectivity index (χ0) is 16.0. The van der Waals surface area contributed by atoms with Crippen LogP contribution in [0.1, 0.15) is 36.7 Å². The molecular weight excluding hydrogens is 272 g/mol. The first-order valence-corrected chi connectivity index (χ1v) is 6.55. The highest BCUT2D eigenvalue weighted by Gasteiger charge is 2.14. The van der Waals surface area contributed by atoms with Gasteiger partial charge in [0.25, 0.3) is 5.91 Å². The number of carboxylic acid groups (broad SMARTS) is 1. The third-order valence-electron chi connectivity index (χ3n) is 2.85. The van der Waals surface area contributed by atoms with Crippen LogP contribution in [0.2, 0.25) is 0 Å². The van der Waals surface area contributed by atoms with Crippen molar-refractivity contribution in [3.8, 4) is 0 Å². The zero-order valence-corrected chi connectivity index (χ0v) is 12.4. The van der Waals surface area contributed by atoms with Gasteiger partial charge in [-0.3, -0.25) is 9.59 Å². The van der Waals surface area contributed by atoms with Gasteiger partial charge < -0.3 is 20.5 Å². The molecule has 0 radical (unpaired) electrons. The van der Waals surface area contributed by atoms with E-state index in [4.69, 9.17) is 0 Å². The van der Waals surface area contributed by atoms with Crippen LogP contribution in [0.5, 0.6) is 0 Å². The highest BCUT2D eigenvalue weighted by Crippen LogP contribution is 2.22. The predicted molar refractivity (Wildman–Crippen MR) is 75.5 cm³/mol. The summed E-state index contributed by atoms with van der Waals surface area (Å²) in [6.07, 6.45) is 0. The normalized spacial score (nSPS) is 10.8. The van der Waals surface area contributed by atoms with Crippen molar-refractivity contribution in [3.63, 3.8) is 0 Å². The van der Waals surface area contributed by atoms with Crippen LogP contribution in [0.4, 0.5) is 0 Å². The molecule has 0 bridgehead atoms. The van der Waals surface area contributed by atoms with Crippen LogP contribution in [0.25, 0.3) is 0 Å². The lowest BCUT2D eigenvalue weighted by Gasteiger charge is -2.19. The molecule has 6 nitrogen and oxygen atoms in total. The van der Waals surface area contributed by atoms with Gasteiger partial charge in [0, 0.05) is 5.56 Å². The molecule has 0 aromatic heterocycles. The number of aliphatic carboxylic acids is 1. The molecule has 0 saturated carbocycles. The number of amides is 2. The molecule has 0 fully saturated rings. The largest absolute Gasteiger partial charge is 0.548 e. The van der Waals surface area contributed by atoms with E-state index < -0.39 is 18.4 Å². The van der Waals surface area contributed by atoms with E-state index >= 15 is 0 Å². The Hall–Kier alpha value is -2.37. The standard InChI is InChI=1S/C15H20N2O4/c1-15(2,3)11-6-4-10(5-7-11)14(21)17-8-12(18)16-9-13(19)20/h4-7H,8-9H2,1-3H3,(H,16,18)(H,17,21)(H,19,20)/p-1. The number of hydrogen-bond acceptors (Lipinski definition) is 4. The highest BCUT2D eigenvalue weighted by molar-refractivity contribution is 5.96. The fraction of sp³-hybridized carbons (Fsp3) is 0.400. The van der Waals surface area contributed by atoms with Gasteiger partial charge in [0.2, 0.25) is 5.91 Å². The molecule has 0 aliphatic heterocycles. The quantitative estimate of drug-likeness (QED) is 0.769. The van der Waals surface area contributed by atoms with E-state index in [-0.39, 0.29) is 17.9 Å². The van der Waals surface area contributed by atoms with Crippen molar-refractivity contribution in [1.82, 2.24) is 10.6 Å². The maximum absolute atomic E-state index is 11.8. The maximum Gasteiger partial charge on any atom is 0.251 e. The molecule has 2 N–H and O–H groups in total. The molecule has 114 valence electrons. The van der Waals surface area contributed by atoms with Crippen molar-refractivity contribution in [2.75, 3.05) is 13.1 Å². The van der Waals surface area contributed by atoms with Crippen LogP contribution in [-0.4, -0.2) is 30.9 Å². The van der Waals surface area contributed by atoms with Gasteiger partial charge in [0.15, 0.2) is 0 Å². The number of carbonyl (C=O) groups excluding carboxylic acids is 3. The van der Waals surface area contributed by atoms with Crippen LogP contribution in [0.3, 0.4) is 0 Å². The molecule has 0 spiro atoms. The van der Waals surface area contributed by atoms with Crippen molar-refractivity contribution in [1.29, 1.82) is 0 Å². The summed E-state index contributed by atoms with van der Waals surface area (Å²) in [5.74, 6) is -2.36. The van der Waals surface area contributed by atoms with E-state index in [2.05, 4.69) is 31.4 Å². The zero-order valence-electron chi connectivity index (χ0n) is 12.4. The first-order chi connectivity index (χ1) is 9.70. The molecule has 6 heteroatoms. The smallest absolute Gasteiger partial charge is 0.251 e. The van der Waals surface area contributed by atoms with E-state index in [0.29, 0.717) is 5.56 Å². The Balaban J connectivity index is 2.53. The first-order valence-electron chi connectivity index (χ1n) is 6.55. The van der Waals surface area contributed by atoms with Gasteiger partial charge >= 0.3 is 0 Å². The Labute approximate surface area is 123 Å². The SMILES string of the molecule is CC(C)(C)c1ccc(C(=O)NCC(=O)NCC(=O)[O-])cc1. The summed E-state index contributed by atoms with van der Waals surface area (Å²) in [4.78, 5) is 33.2.